The molecule has 2 aromatic heterocycles. The molecule has 0 N–H and O–H groups in total. The number of para-hydroxylation sites is 3. The minimum atomic E-state index is -0.437. The van der Waals surface area contributed by atoms with Crippen LogP contribution in [0.5, 0.6) is 5.75 Å². The van der Waals surface area contributed by atoms with E-state index in [-0.39, 0.29) is 11.5 Å². The summed E-state index contributed by atoms with van der Waals surface area (Å²) in [6.45, 7) is 7.11. The third kappa shape index (κ3) is 5.36. The maximum atomic E-state index is 13.9. The lowest BCUT2D eigenvalue weighted by atomic mass is 10.1. The first kappa shape index (κ1) is 25.6. The van der Waals surface area contributed by atoms with Gasteiger partial charge in [-0.3, -0.25) is 14.2 Å². The highest BCUT2D eigenvalue weighted by Crippen LogP contribution is 2.29. The SMILES string of the molecule is CCCCCCN(C(=O)c1cccs1)C(C)c1nc2ccccc2c(=O)n1-c1ccccc1OCC. The van der Waals surface area contributed by atoms with Crippen LogP contribution in [0.1, 0.15) is 68.0 Å². The number of amides is 1. The minimum absolute atomic E-state index is 0.0407. The minimum Gasteiger partial charge on any atom is -0.492 e. The van der Waals surface area contributed by atoms with E-state index in [1.165, 1.54) is 11.3 Å². The van der Waals surface area contributed by atoms with Crippen LogP contribution >= 0.6 is 11.3 Å². The molecule has 0 saturated carbocycles. The number of fused-ring (bicyclic) bond motifs is 1. The number of aromatic nitrogens is 2. The van der Waals surface area contributed by atoms with E-state index < -0.39 is 6.04 Å². The number of benzene rings is 2. The summed E-state index contributed by atoms with van der Waals surface area (Å²) >= 11 is 1.43. The predicted octanol–water partition coefficient (Wildman–Crippen LogP) is 6.63. The Morgan fingerprint density at radius 1 is 1.03 bits per heavy atom. The summed E-state index contributed by atoms with van der Waals surface area (Å²) in [6.07, 6.45) is 4.18. The van der Waals surface area contributed by atoms with Gasteiger partial charge in [-0.2, -0.15) is 0 Å². The van der Waals surface area contributed by atoms with Crippen LogP contribution in [-0.4, -0.2) is 33.5 Å². The average Bonchev–Trinajstić information content (AvgIpc) is 3.44. The first-order chi connectivity index (χ1) is 17.6. The lowest BCUT2D eigenvalue weighted by molar-refractivity contribution is 0.0682. The summed E-state index contributed by atoms with van der Waals surface area (Å²) in [5, 5.41) is 2.44. The van der Waals surface area contributed by atoms with E-state index >= 15 is 0 Å². The second-order valence-electron chi connectivity index (χ2n) is 8.74. The van der Waals surface area contributed by atoms with Crippen LogP contribution in [0.25, 0.3) is 16.6 Å². The van der Waals surface area contributed by atoms with Gasteiger partial charge >= 0.3 is 0 Å². The summed E-state index contributed by atoms with van der Waals surface area (Å²) in [7, 11) is 0. The van der Waals surface area contributed by atoms with E-state index in [1.807, 2.05) is 78.7 Å². The van der Waals surface area contributed by atoms with Crippen molar-refractivity contribution >= 4 is 28.1 Å². The van der Waals surface area contributed by atoms with Crippen molar-refractivity contribution in [1.29, 1.82) is 0 Å². The Bertz CT molecular complexity index is 1360. The number of unbranched alkanes of at least 4 members (excludes halogenated alkanes) is 3. The van der Waals surface area contributed by atoms with E-state index in [2.05, 4.69) is 6.92 Å². The van der Waals surface area contributed by atoms with Gasteiger partial charge in [0.1, 0.15) is 11.6 Å². The lowest BCUT2D eigenvalue weighted by Crippen LogP contribution is -2.38. The Balaban J connectivity index is 1.88. The topological polar surface area (TPSA) is 64.4 Å². The molecule has 2 heterocycles. The molecular weight excluding hydrogens is 470 g/mol. The highest BCUT2D eigenvalue weighted by molar-refractivity contribution is 7.12. The first-order valence-corrected chi connectivity index (χ1v) is 13.5. The number of ether oxygens (including phenoxy) is 1. The van der Waals surface area contributed by atoms with Gasteiger partial charge in [0.25, 0.3) is 11.5 Å². The summed E-state index contributed by atoms with van der Waals surface area (Å²) < 4.78 is 7.51. The van der Waals surface area contributed by atoms with Crippen molar-refractivity contribution in [3.8, 4) is 11.4 Å². The summed E-state index contributed by atoms with van der Waals surface area (Å²) in [4.78, 5) is 35.0. The van der Waals surface area contributed by atoms with Gasteiger partial charge in [0, 0.05) is 6.54 Å². The van der Waals surface area contributed by atoms with Gasteiger partial charge in [-0.1, -0.05) is 56.5 Å². The number of thiophene rings is 1. The molecule has 1 unspecified atom stereocenters. The fourth-order valence-corrected chi connectivity index (χ4v) is 5.12. The first-order valence-electron chi connectivity index (χ1n) is 12.6. The maximum Gasteiger partial charge on any atom is 0.266 e. The molecule has 4 aromatic rings. The zero-order valence-electron chi connectivity index (χ0n) is 21.1. The van der Waals surface area contributed by atoms with E-state index in [0.717, 1.165) is 25.7 Å². The van der Waals surface area contributed by atoms with Crippen molar-refractivity contribution in [2.45, 2.75) is 52.5 Å². The molecule has 0 aliphatic carbocycles. The second-order valence-corrected chi connectivity index (χ2v) is 9.69. The highest BCUT2D eigenvalue weighted by Gasteiger charge is 2.28. The van der Waals surface area contributed by atoms with Crippen LogP contribution in [0, 0.1) is 0 Å². The molecule has 7 heteroatoms. The van der Waals surface area contributed by atoms with E-state index in [4.69, 9.17) is 9.72 Å². The van der Waals surface area contributed by atoms with Crippen LogP contribution in [0.2, 0.25) is 0 Å². The molecule has 188 valence electrons. The Labute approximate surface area is 216 Å². The summed E-state index contributed by atoms with van der Waals surface area (Å²) in [5.74, 6) is 1.08. The van der Waals surface area contributed by atoms with Gasteiger partial charge < -0.3 is 9.64 Å². The zero-order valence-corrected chi connectivity index (χ0v) is 22.0. The van der Waals surface area contributed by atoms with Crippen LogP contribution < -0.4 is 10.3 Å². The number of hydrogen-bond donors (Lipinski definition) is 0. The van der Waals surface area contributed by atoms with Crippen LogP contribution in [0.3, 0.4) is 0 Å². The molecule has 0 aliphatic heterocycles. The van der Waals surface area contributed by atoms with Gasteiger partial charge in [0.15, 0.2) is 0 Å². The van der Waals surface area contributed by atoms with E-state index in [9.17, 15) is 9.59 Å². The zero-order chi connectivity index (χ0) is 25.5. The fraction of sp³-hybridized carbons (Fsp3) is 0.345. The number of carbonyl (C=O) groups excluding carboxylic acids is 1. The Morgan fingerprint density at radius 3 is 2.56 bits per heavy atom. The van der Waals surface area contributed by atoms with Gasteiger partial charge in [-0.15, -0.1) is 11.3 Å². The van der Waals surface area contributed by atoms with Crippen molar-refractivity contribution in [3.63, 3.8) is 0 Å². The molecule has 0 radical (unpaired) electrons. The Hall–Kier alpha value is -3.45. The molecule has 0 aliphatic rings. The number of nitrogens with zero attached hydrogens (tertiary/aromatic N) is 3. The molecule has 0 spiro atoms. The molecular formula is C29H33N3O3S. The molecule has 6 nitrogen and oxygen atoms in total. The van der Waals surface area contributed by atoms with Crippen molar-refractivity contribution in [2.24, 2.45) is 0 Å². The molecule has 1 amide bonds. The van der Waals surface area contributed by atoms with Gasteiger partial charge in [-0.05, 0) is 56.0 Å². The van der Waals surface area contributed by atoms with Crippen molar-refractivity contribution < 1.29 is 9.53 Å². The Morgan fingerprint density at radius 2 is 1.81 bits per heavy atom. The van der Waals surface area contributed by atoms with Crippen LogP contribution in [-0.2, 0) is 0 Å². The van der Waals surface area contributed by atoms with E-state index in [0.29, 0.717) is 46.2 Å². The number of carbonyl (C=O) groups is 1. The predicted molar refractivity (Wildman–Crippen MR) is 146 cm³/mol. The largest absolute Gasteiger partial charge is 0.492 e. The van der Waals surface area contributed by atoms with Crippen molar-refractivity contribution in [3.05, 3.63) is 87.1 Å². The van der Waals surface area contributed by atoms with Crippen LogP contribution in [0.15, 0.2) is 70.8 Å². The number of rotatable bonds is 11. The quantitative estimate of drug-likeness (QED) is 0.216. The monoisotopic (exact) mass is 503 g/mol. The summed E-state index contributed by atoms with van der Waals surface area (Å²) in [5.41, 5.74) is 1.06. The molecule has 0 bridgehead atoms. The standard InChI is InChI=1S/C29H33N3O3S/c1-4-6-7-12-19-31(29(34)26-18-13-20-36-26)21(3)27-30-23-15-9-8-14-22(23)28(33)32(27)24-16-10-11-17-25(24)35-5-2/h8-11,13-18,20-21H,4-7,12,19H2,1-3H3. The third-order valence-electron chi connectivity index (χ3n) is 6.29. The second kappa shape index (κ2) is 12.0. The van der Waals surface area contributed by atoms with Crippen molar-refractivity contribution in [2.75, 3.05) is 13.2 Å². The third-order valence-corrected chi connectivity index (χ3v) is 7.15. The van der Waals surface area contributed by atoms with Gasteiger partial charge in [0.05, 0.1) is 34.1 Å². The average molecular weight is 504 g/mol. The molecule has 2 aromatic carbocycles. The van der Waals surface area contributed by atoms with Crippen molar-refractivity contribution in [1.82, 2.24) is 14.5 Å². The fourth-order valence-electron chi connectivity index (χ4n) is 4.44. The molecule has 0 saturated heterocycles. The smallest absolute Gasteiger partial charge is 0.266 e. The number of hydrogen-bond acceptors (Lipinski definition) is 5. The maximum absolute atomic E-state index is 13.9. The van der Waals surface area contributed by atoms with Crippen LogP contribution in [0.4, 0.5) is 0 Å². The summed E-state index contributed by atoms with van der Waals surface area (Å²) in [6, 6.07) is 18.1. The molecule has 1 atom stereocenters. The molecule has 36 heavy (non-hydrogen) atoms. The molecule has 0 fully saturated rings. The van der Waals surface area contributed by atoms with Gasteiger partial charge in [0.2, 0.25) is 0 Å². The Kier molecular flexibility index (Phi) is 8.54. The highest BCUT2D eigenvalue weighted by atomic mass is 32.1. The van der Waals surface area contributed by atoms with E-state index in [1.54, 1.807) is 10.6 Å². The normalized spacial score (nSPS) is 12.0. The van der Waals surface area contributed by atoms with Gasteiger partial charge in [-0.25, -0.2) is 4.98 Å². The lowest BCUT2D eigenvalue weighted by Gasteiger charge is -2.30. The molecule has 4 rings (SSSR count).